The number of hydrogen-bond acceptors (Lipinski definition) is 4. The van der Waals surface area contributed by atoms with E-state index in [0.29, 0.717) is 18.9 Å². The molecule has 30 heavy (non-hydrogen) atoms. The lowest BCUT2D eigenvalue weighted by atomic mass is 9.88. The van der Waals surface area contributed by atoms with Crippen LogP contribution in [0.15, 0.2) is 45.9 Å². The summed E-state index contributed by atoms with van der Waals surface area (Å²) in [6.45, 7) is 7.76. The third-order valence-electron chi connectivity index (χ3n) is 5.12. The Balaban J connectivity index is 0.000000503. The highest BCUT2D eigenvalue weighted by atomic mass is 16.5. The lowest BCUT2D eigenvalue weighted by Gasteiger charge is -2.25. The standard InChI is InChI=1S/C20H15NO5.C4H10/c22-17-9-16-13-8-14(18-2-1-6-25-18)19-12(4-7-26-19)11(13)3-5-21(16)10-15(17)20(23)24;1-4(2)3/h1-2,6,8-10H,3-5,7H2,(H,23,24);4H,1-3H3. The molecule has 2 aromatic heterocycles. The maximum Gasteiger partial charge on any atom is 0.341 e. The van der Waals surface area contributed by atoms with Crippen LogP contribution in [-0.2, 0) is 19.4 Å². The molecule has 1 aromatic carbocycles. The summed E-state index contributed by atoms with van der Waals surface area (Å²) in [4.78, 5) is 23.5. The second-order valence-electron chi connectivity index (χ2n) is 8.25. The van der Waals surface area contributed by atoms with Gasteiger partial charge in [-0.1, -0.05) is 20.8 Å². The quantitative estimate of drug-likeness (QED) is 0.670. The lowest BCUT2D eigenvalue weighted by Crippen LogP contribution is -2.22. The molecule has 0 aliphatic carbocycles. The third-order valence-corrected chi connectivity index (χ3v) is 5.12. The molecular weight excluding hydrogens is 382 g/mol. The lowest BCUT2D eigenvalue weighted by molar-refractivity contribution is 0.0694. The highest BCUT2D eigenvalue weighted by Gasteiger charge is 2.29. The maximum absolute atomic E-state index is 12.3. The molecule has 0 spiro atoms. The van der Waals surface area contributed by atoms with E-state index in [0.717, 1.165) is 46.9 Å². The molecule has 0 bridgehead atoms. The van der Waals surface area contributed by atoms with Crippen molar-refractivity contribution in [1.82, 2.24) is 4.57 Å². The smallest absolute Gasteiger partial charge is 0.341 e. The Morgan fingerprint density at radius 3 is 2.57 bits per heavy atom. The van der Waals surface area contributed by atoms with Crippen molar-refractivity contribution < 1.29 is 19.1 Å². The topological polar surface area (TPSA) is 81.7 Å². The summed E-state index contributed by atoms with van der Waals surface area (Å²) >= 11 is 0. The van der Waals surface area contributed by atoms with Crippen molar-refractivity contribution in [2.45, 2.75) is 40.2 Å². The highest BCUT2D eigenvalue weighted by molar-refractivity contribution is 5.88. The van der Waals surface area contributed by atoms with Gasteiger partial charge >= 0.3 is 5.97 Å². The van der Waals surface area contributed by atoms with Crippen molar-refractivity contribution in [2.75, 3.05) is 6.61 Å². The molecule has 6 nitrogen and oxygen atoms in total. The van der Waals surface area contributed by atoms with Gasteiger partial charge in [-0.05, 0) is 36.1 Å². The molecular formula is C24H25NO5. The number of pyridine rings is 1. The molecule has 3 aromatic rings. The fraction of sp³-hybridized carbons (Fsp3) is 0.333. The largest absolute Gasteiger partial charge is 0.492 e. The number of benzene rings is 1. The molecule has 0 unspecified atom stereocenters. The van der Waals surface area contributed by atoms with Crippen LogP contribution in [0.25, 0.3) is 22.6 Å². The normalized spacial score (nSPS) is 13.6. The summed E-state index contributed by atoms with van der Waals surface area (Å²) in [6.07, 6.45) is 4.66. The van der Waals surface area contributed by atoms with Crippen LogP contribution in [0.2, 0.25) is 0 Å². The van der Waals surface area contributed by atoms with Gasteiger partial charge in [0.2, 0.25) is 0 Å². The number of carboxylic acids is 1. The average molecular weight is 407 g/mol. The molecule has 4 heterocycles. The van der Waals surface area contributed by atoms with E-state index in [1.165, 1.54) is 17.8 Å². The number of carboxylic acid groups (broad SMARTS) is 1. The number of aromatic carboxylic acids is 1. The van der Waals surface area contributed by atoms with E-state index in [1.54, 1.807) is 6.26 Å². The molecule has 0 saturated carbocycles. The SMILES string of the molecule is CC(C)C.O=C(O)c1cn2c(cc1=O)-c1cc(-c3ccco3)c3c(c1CC2)CCO3. The predicted molar refractivity (Wildman–Crippen MR) is 114 cm³/mol. The maximum atomic E-state index is 12.3. The van der Waals surface area contributed by atoms with Crippen molar-refractivity contribution in [3.05, 3.63) is 63.6 Å². The first-order chi connectivity index (χ1) is 14.4. The van der Waals surface area contributed by atoms with Gasteiger partial charge in [0, 0.05) is 36.4 Å². The van der Waals surface area contributed by atoms with Crippen molar-refractivity contribution in [2.24, 2.45) is 5.92 Å². The second kappa shape index (κ2) is 7.86. The molecule has 156 valence electrons. The number of rotatable bonds is 2. The Hall–Kier alpha value is -3.28. The minimum atomic E-state index is -1.20. The van der Waals surface area contributed by atoms with Gasteiger partial charge < -0.3 is 18.8 Å². The van der Waals surface area contributed by atoms with Gasteiger partial charge in [0.15, 0.2) is 5.43 Å². The van der Waals surface area contributed by atoms with Gasteiger partial charge in [0.25, 0.3) is 0 Å². The van der Waals surface area contributed by atoms with Gasteiger partial charge in [-0.3, -0.25) is 4.79 Å². The number of furan rings is 1. The second-order valence-corrected chi connectivity index (χ2v) is 8.25. The molecule has 0 fully saturated rings. The molecule has 0 radical (unpaired) electrons. The van der Waals surface area contributed by atoms with E-state index in [4.69, 9.17) is 9.15 Å². The predicted octanol–water partition coefficient (Wildman–Crippen LogP) is 4.63. The number of nitrogens with zero attached hydrogens (tertiary/aromatic N) is 1. The first-order valence-electron chi connectivity index (χ1n) is 10.2. The minimum Gasteiger partial charge on any atom is -0.492 e. The first kappa shape index (κ1) is 20.0. The van der Waals surface area contributed by atoms with Crippen LogP contribution in [0.5, 0.6) is 5.75 Å². The summed E-state index contributed by atoms with van der Waals surface area (Å²) in [7, 11) is 0. The number of ether oxygens (including phenoxy) is 1. The molecule has 0 atom stereocenters. The fourth-order valence-electron chi connectivity index (χ4n) is 3.96. The van der Waals surface area contributed by atoms with Crippen molar-refractivity contribution >= 4 is 5.97 Å². The van der Waals surface area contributed by atoms with Gasteiger partial charge in [-0.25, -0.2) is 4.79 Å². The molecule has 0 amide bonds. The van der Waals surface area contributed by atoms with Gasteiger partial charge in [0.1, 0.15) is 17.1 Å². The molecule has 2 aliphatic heterocycles. The first-order valence-corrected chi connectivity index (χ1v) is 10.2. The number of carbonyl (C=O) groups is 1. The van der Waals surface area contributed by atoms with Crippen molar-refractivity contribution in [3.63, 3.8) is 0 Å². The third kappa shape index (κ3) is 3.54. The monoisotopic (exact) mass is 407 g/mol. The molecule has 2 aliphatic rings. The number of aryl methyl sites for hydroxylation is 1. The molecule has 6 heteroatoms. The summed E-state index contributed by atoms with van der Waals surface area (Å²) in [5.74, 6) is 1.21. The van der Waals surface area contributed by atoms with Crippen LogP contribution in [0, 0.1) is 5.92 Å². The Kier molecular flexibility index (Phi) is 5.24. The van der Waals surface area contributed by atoms with E-state index in [2.05, 4.69) is 20.8 Å². The number of aromatic nitrogens is 1. The summed E-state index contributed by atoms with van der Waals surface area (Å²) in [6, 6.07) is 7.12. The van der Waals surface area contributed by atoms with Crippen molar-refractivity contribution in [1.29, 1.82) is 0 Å². The van der Waals surface area contributed by atoms with E-state index < -0.39 is 11.4 Å². The van der Waals surface area contributed by atoms with Crippen LogP contribution < -0.4 is 10.2 Å². The summed E-state index contributed by atoms with van der Waals surface area (Å²) in [5, 5.41) is 9.22. The molecule has 1 N–H and O–H groups in total. The zero-order chi connectivity index (χ0) is 21.4. The van der Waals surface area contributed by atoms with Crippen LogP contribution >= 0.6 is 0 Å². The van der Waals surface area contributed by atoms with Crippen molar-refractivity contribution in [3.8, 4) is 28.3 Å². The number of hydrogen-bond donors (Lipinski definition) is 1. The highest BCUT2D eigenvalue weighted by Crippen LogP contribution is 2.45. The number of fused-ring (bicyclic) bond motifs is 5. The fourth-order valence-corrected chi connectivity index (χ4v) is 3.96. The summed E-state index contributed by atoms with van der Waals surface area (Å²) in [5.41, 5.74) is 4.21. The van der Waals surface area contributed by atoms with E-state index in [9.17, 15) is 14.7 Å². The van der Waals surface area contributed by atoms with Crippen LogP contribution in [0.3, 0.4) is 0 Å². The average Bonchev–Trinajstić information content (AvgIpc) is 3.38. The van der Waals surface area contributed by atoms with Gasteiger partial charge in [0.05, 0.1) is 24.1 Å². The Morgan fingerprint density at radius 1 is 1.13 bits per heavy atom. The molecule has 5 rings (SSSR count). The summed E-state index contributed by atoms with van der Waals surface area (Å²) < 4.78 is 13.3. The zero-order valence-corrected chi connectivity index (χ0v) is 17.4. The van der Waals surface area contributed by atoms with Gasteiger partial charge in [-0.15, -0.1) is 0 Å². The van der Waals surface area contributed by atoms with E-state index >= 15 is 0 Å². The zero-order valence-electron chi connectivity index (χ0n) is 17.4. The Morgan fingerprint density at radius 2 is 1.90 bits per heavy atom. The Bertz CT molecular complexity index is 1150. The van der Waals surface area contributed by atoms with E-state index in [-0.39, 0.29) is 5.56 Å². The molecule has 0 saturated heterocycles. The van der Waals surface area contributed by atoms with Crippen LogP contribution in [0.1, 0.15) is 42.3 Å². The van der Waals surface area contributed by atoms with E-state index in [1.807, 2.05) is 22.8 Å². The minimum absolute atomic E-state index is 0.201. The Labute approximate surface area is 174 Å². The van der Waals surface area contributed by atoms with Gasteiger partial charge in [-0.2, -0.15) is 0 Å². The van der Waals surface area contributed by atoms with Crippen LogP contribution in [0.4, 0.5) is 0 Å². The van der Waals surface area contributed by atoms with Crippen LogP contribution in [-0.4, -0.2) is 22.2 Å².